The number of carbonyl (C=O) groups is 1. The molecule has 5 N–H and O–H groups in total. The average Bonchev–Trinajstić information content (AvgIpc) is 2.16. The molecule has 82 valence electrons. The monoisotopic (exact) mass is 199 g/mol. The molecule has 1 aliphatic rings. The Morgan fingerprint density at radius 1 is 1.50 bits per heavy atom. The molecule has 1 rings (SSSR count). The minimum Gasteiger partial charge on any atom is -0.368 e. The van der Waals surface area contributed by atoms with Crippen LogP contribution in [0.1, 0.15) is 32.6 Å². The summed E-state index contributed by atoms with van der Waals surface area (Å²) < 4.78 is 0. The third kappa shape index (κ3) is 3.27. The van der Waals surface area contributed by atoms with Gasteiger partial charge in [-0.05, 0) is 18.8 Å². The van der Waals surface area contributed by atoms with Crippen LogP contribution in [0.4, 0.5) is 0 Å². The number of nitrogens with one attached hydrogen (secondary N) is 1. The van der Waals surface area contributed by atoms with E-state index in [4.69, 9.17) is 11.5 Å². The van der Waals surface area contributed by atoms with Gasteiger partial charge < -0.3 is 16.8 Å². The van der Waals surface area contributed by atoms with Gasteiger partial charge in [-0.2, -0.15) is 0 Å². The third-order valence-corrected chi connectivity index (χ3v) is 3.08. The molecule has 4 nitrogen and oxygen atoms in total. The van der Waals surface area contributed by atoms with E-state index < -0.39 is 11.9 Å². The second-order valence-corrected chi connectivity index (χ2v) is 4.29. The molecule has 0 aromatic rings. The van der Waals surface area contributed by atoms with Gasteiger partial charge in [0, 0.05) is 12.6 Å². The molecule has 1 fully saturated rings. The topological polar surface area (TPSA) is 81.1 Å². The van der Waals surface area contributed by atoms with E-state index in [2.05, 4.69) is 12.2 Å². The van der Waals surface area contributed by atoms with Crippen molar-refractivity contribution in [2.24, 2.45) is 17.4 Å². The van der Waals surface area contributed by atoms with Crippen LogP contribution in [0.15, 0.2) is 0 Å². The zero-order valence-corrected chi connectivity index (χ0v) is 8.83. The highest BCUT2D eigenvalue weighted by Gasteiger charge is 2.21. The molecule has 0 aliphatic heterocycles. The molecular weight excluding hydrogens is 178 g/mol. The van der Waals surface area contributed by atoms with E-state index in [9.17, 15) is 4.79 Å². The Morgan fingerprint density at radius 3 is 2.71 bits per heavy atom. The molecule has 0 spiro atoms. The maximum absolute atomic E-state index is 10.7. The molecule has 3 unspecified atom stereocenters. The van der Waals surface area contributed by atoms with Crippen LogP contribution in [0.2, 0.25) is 0 Å². The molecule has 0 aromatic heterocycles. The molecule has 0 aromatic carbocycles. The summed E-state index contributed by atoms with van der Waals surface area (Å²) in [5, 5.41) is 3.33. The molecule has 0 saturated heterocycles. The van der Waals surface area contributed by atoms with Crippen LogP contribution in [-0.2, 0) is 4.79 Å². The van der Waals surface area contributed by atoms with Gasteiger partial charge >= 0.3 is 0 Å². The molecule has 1 saturated carbocycles. The summed E-state index contributed by atoms with van der Waals surface area (Å²) in [6.07, 6.45) is 5.05. The summed E-state index contributed by atoms with van der Waals surface area (Å²) in [5.41, 5.74) is 10.6. The van der Waals surface area contributed by atoms with E-state index in [0.29, 0.717) is 18.5 Å². The molecule has 0 heterocycles. The van der Waals surface area contributed by atoms with E-state index in [-0.39, 0.29) is 0 Å². The fourth-order valence-electron chi connectivity index (χ4n) is 2.00. The van der Waals surface area contributed by atoms with E-state index in [1.807, 2.05) is 0 Å². The van der Waals surface area contributed by atoms with E-state index in [1.165, 1.54) is 25.7 Å². The quantitative estimate of drug-likeness (QED) is 0.594. The van der Waals surface area contributed by atoms with Crippen molar-refractivity contribution in [2.45, 2.75) is 44.7 Å². The first-order chi connectivity index (χ1) is 6.61. The number of rotatable bonds is 4. The minimum atomic E-state index is -0.552. The lowest BCUT2D eigenvalue weighted by Crippen LogP contribution is -2.48. The number of hydrogen-bond acceptors (Lipinski definition) is 3. The van der Waals surface area contributed by atoms with Crippen LogP contribution < -0.4 is 16.8 Å². The van der Waals surface area contributed by atoms with Gasteiger partial charge in [0.2, 0.25) is 5.91 Å². The highest BCUT2D eigenvalue weighted by molar-refractivity contribution is 5.79. The lowest BCUT2D eigenvalue weighted by Gasteiger charge is -2.30. The molecule has 0 bridgehead atoms. The van der Waals surface area contributed by atoms with Gasteiger partial charge in [0.25, 0.3) is 0 Å². The SMILES string of the molecule is CC1CCCCC1NCC(N)C(N)=O. The van der Waals surface area contributed by atoms with Gasteiger partial charge in [0.05, 0.1) is 6.04 Å². The predicted molar refractivity (Wildman–Crippen MR) is 56.6 cm³/mol. The predicted octanol–water partition coefficient (Wildman–Crippen LogP) is -0.0327. The van der Waals surface area contributed by atoms with Crippen molar-refractivity contribution in [3.8, 4) is 0 Å². The number of carbonyl (C=O) groups excluding carboxylic acids is 1. The van der Waals surface area contributed by atoms with Gasteiger partial charge in [-0.25, -0.2) is 0 Å². The minimum absolute atomic E-state index is 0.430. The standard InChI is InChI=1S/C10H21N3O/c1-7-4-2-3-5-9(7)13-6-8(11)10(12)14/h7-9,13H,2-6,11H2,1H3,(H2,12,14). The number of hydrogen-bond donors (Lipinski definition) is 3. The van der Waals surface area contributed by atoms with E-state index in [1.54, 1.807) is 0 Å². The third-order valence-electron chi connectivity index (χ3n) is 3.08. The summed E-state index contributed by atoms with van der Waals surface area (Å²) in [6.45, 7) is 2.75. The lowest BCUT2D eigenvalue weighted by molar-refractivity contribution is -0.119. The van der Waals surface area contributed by atoms with Crippen molar-refractivity contribution in [3.63, 3.8) is 0 Å². The lowest BCUT2D eigenvalue weighted by atomic mass is 9.86. The first kappa shape index (κ1) is 11.5. The maximum Gasteiger partial charge on any atom is 0.235 e. The molecule has 14 heavy (non-hydrogen) atoms. The van der Waals surface area contributed by atoms with Crippen LogP contribution in [-0.4, -0.2) is 24.5 Å². The van der Waals surface area contributed by atoms with Gasteiger partial charge in [-0.3, -0.25) is 4.79 Å². The molecule has 1 aliphatic carbocycles. The van der Waals surface area contributed by atoms with Crippen LogP contribution in [0, 0.1) is 5.92 Å². The normalized spacial score (nSPS) is 29.9. The van der Waals surface area contributed by atoms with E-state index in [0.717, 1.165) is 0 Å². The Balaban J connectivity index is 2.25. The summed E-state index contributed by atoms with van der Waals surface area (Å²) >= 11 is 0. The molecule has 4 heteroatoms. The van der Waals surface area contributed by atoms with Crippen molar-refractivity contribution >= 4 is 5.91 Å². The largest absolute Gasteiger partial charge is 0.368 e. The van der Waals surface area contributed by atoms with Gasteiger partial charge in [-0.1, -0.05) is 19.8 Å². The molecule has 3 atom stereocenters. The summed E-state index contributed by atoms with van der Waals surface area (Å²) in [7, 11) is 0. The van der Waals surface area contributed by atoms with Gasteiger partial charge in [-0.15, -0.1) is 0 Å². The van der Waals surface area contributed by atoms with Gasteiger partial charge in [0.15, 0.2) is 0 Å². The second-order valence-electron chi connectivity index (χ2n) is 4.29. The van der Waals surface area contributed by atoms with Crippen molar-refractivity contribution in [1.29, 1.82) is 0 Å². The Kier molecular flexibility index (Phi) is 4.35. The first-order valence-corrected chi connectivity index (χ1v) is 5.39. The van der Waals surface area contributed by atoms with Crippen LogP contribution >= 0.6 is 0 Å². The molecular formula is C10H21N3O. The summed E-state index contributed by atoms with van der Waals surface area (Å²) in [5.74, 6) is 0.254. The zero-order chi connectivity index (χ0) is 10.6. The fraction of sp³-hybridized carbons (Fsp3) is 0.900. The Bertz CT molecular complexity index is 196. The second kappa shape index (κ2) is 5.32. The fourth-order valence-corrected chi connectivity index (χ4v) is 2.00. The molecule has 1 amide bonds. The number of nitrogens with two attached hydrogens (primary N) is 2. The van der Waals surface area contributed by atoms with Crippen molar-refractivity contribution in [1.82, 2.24) is 5.32 Å². The summed E-state index contributed by atoms with van der Waals surface area (Å²) in [6, 6.07) is -0.0433. The Hall–Kier alpha value is -0.610. The zero-order valence-electron chi connectivity index (χ0n) is 8.83. The van der Waals surface area contributed by atoms with Crippen LogP contribution in [0.5, 0.6) is 0 Å². The van der Waals surface area contributed by atoms with Crippen LogP contribution in [0.25, 0.3) is 0 Å². The first-order valence-electron chi connectivity index (χ1n) is 5.39. The van der Waals surface area contributed by atoms with Gasteiger partial charge in [0.1, 0.15) is 0 Å². The highest BCUT2D eigenvalue weighted by atomic mass is 16.1. The van der Waals surface area contributed by atoms with Crippen molar-refractivity contribution in [3.05, 3.63) is 0 Å². The van der Waals surface area contributed by atoms with Crippen LogP contribution in [0.3, 0.4) is 0 Å². The maximum atomic E-state index is 10.7. The van der Waals surface area contributed by atoms with Crippen molar-refractivity contribution < 1.29 is 4.79 Å². The molecule has 0 radical (unpaired) electrons. The number of primary amides is 1. The van der Waals surface area contributed by atoms with Crippen molar-refractivity contribution in [2.75, 3.05) is 6.54 Å². The average molecular weight is 199 g/mol. The highest BCUT2D eigenvalue weighted by Crippen LogP contribution is 2.23. The Labute approximate surface area is 85.4 Å². The Morgan fingerprint density at radius 2 is 2.14 bits per heavy atom. The summed E-state index contributed by atoms with van der Waals surface area (Å²) in [4.78, 5) is 10.7. The smallest absolute Gasteiger partial charge is 0.235 e. The number of amides is 1. The van der Waals surface area contributed by atoms with E-state index >= 15 is 0 Å².